The first-order chi connectivity index (χ1) is 11.8. The number of carbonyl (C=O) groups is 1. The summed E-state index contributed by atoms with van der Waals surface area (Å²) in [6, 6.07) is 4.66. The van der Waals surface area contributed by atoms with Crippen molar-refractivity contribution < 1.29 is 27.4 Å². The average molecular weight is 374 g/mol. The second-order valence-corrected chi connectivity index (χ2v) is 5.57. The summed E-state index contributed by atoms with van der Waals surface area (Å²) in [6.45, 7) is 0. The van der Waals surface area contributed by atoms with Gasteiger partial charge in [0.25, 0.3) is 0 Å². The predicted molar refractivity (Wildman–Crippen MR) is 86.1 cm³/mol. The molecule has 0 fully saturated rings. The van der Waals surface area contributed by atoms with Crippen molar-refractivity contribution in [3.8, 4) is 11.9 Å². The topological polar surface area (TPSA) is 85.4 Å². The van der Waals surface area contributed by atoms with Crippen molar-refractivity contribution in [3.05, 3.63) is 30.5 Å². The van der Waals surface area contributed by atoms with Gasteiger partial charge in [-0.25, -0.2) is 9.78 Å². The van der Waals surface area contributed by atoms with Gasteiger partial charge in [0.1, 0.15) is 5.69 Å². The quantitative estimate of drug-likeness (QED) is 0.776. The van der Waals surface area contributed by atoms with Gasteiger partial charge in [0.05, 0.1) is 20.4 Å². The molecule has 11 heteroatoms. The zero-order chi connectivity index (χ0) is 18.4. The minimum Gasteiger partial charge on any atom is -0.479 e. The van der Waals surface area contributed by atoms with Crippen LogP contribution in [0, 0.1) is 0 Å². The summed E-state index contributed by atoms with van der Waals surface area (Å²) in [5.74, 6) is 0.0962. The Hall–Kier alpha value is -2.69. The van der Waals surface area contributed by atoms with Crippen LogP contribution >= 0.6 is 11.8 Å². The van der Waals surface area contributed by atoms with Gasteiger partial charge in [-0.05, 0) is 36.0 Å². The van der Waals surface area contributed by atoms with E-state index >= 15 is 0 Å². The molecule has 0 aliphatic carbocycles. The van der Waals surface area contributed by atoms with Crippen LogP contribution in [0.15, 0.2) is 35.4 Å². The van der Waals surface area contributed by atoms with E-state index in [9.17, 15) is 18.0 Å². The Bertz CT molecular complexity index is 741. The third kappa shape index (κ3) is 5.71. The van der Waals surface area contributed by atoms with Gasteiger partial charge in [0, 0.05) is 10.6 Å². The molecule has 1 heterocycles. The molecule has 1 aromatic carbocycles. The average Bonchev–Trinajstić information content (AvgIpc) is 2.55. The first kappa shape index (κ1) is 18.6. The van der Waals surface area contributed by atoms with Crippen molar-refractivity contribution in [2.24, 2.45) is 0 Å². The number of benzene rings is 1. The number of alkyl halides is 3. The van der Waals surface area contributed by atoms with E-state index in [2.05, 4.69) is 20.6 Å². The smallest absolute Gasteiger partial charge is 0.446 e. The molecule has 2 N–H and O–H groups in total. The Kier molecular flexibility index (Phi) is 5.91. The number of hydrogen-bond donors (Lipinski definition) is 2. The largest absolute Gasteiger partial charge is 0.479 e. The number of urea groups is 1. The molecule has 7 nitrogen and oxygen atoms in total. The number of carbonyl (C=O) groups excluding carboxylic acids is 1. The van der Waals surface area contributed by atoms with E-state index < -0.39 is 11.5 Å². The molecule has 0 saturated heterocycles. The van der Waals surface area contributed by atoms with Gasteiger partial charge in [-0.15, -0.1) is 0 Å². The molecule has 25 heavy (non-hydrogen) atoms. The van der Waals surface area contributed by atoms with E-state index in [1.807, 2.05) is 0 Å². The fraction of sp³-hybridized carbons (Fsp3) is 0.214. The molecule has 0 aliphatic rings. The fourth-order valence-electron chi connectivity index (χ4n) is 1.72. The fourth-order valence-corrected chi connectivity index (χ4v) is 2.25. The minimum atomic E-state index is -4.36. The van der Waals surface area contributed by atoms with Crippen LogP contribution in [0.3, 0.4) is 0 Å². The summed E-state index contributed by atoms with van der Waals surface area (Å²) in [5, 5.41) is 4.95. The first-order valence-electron chi connectivity index (χ1n) is 6.69. The third-order valence-electron chi connectivity index (χ3n) is 2.70. The lowest BCUT2D eigenvalue weighted by molar-refractivity contribution is -0.0328. The highest BCUT2D eigenvalue weighted by Gasteiger charge is 2.29. The van der Waals surface area contributed by atoms with E-state index in [1.165, 1.54) is 44.7 Å². The standard InChI is InChI=1S/C14H13F3N4O3S/c1-23-11-10(7-18-13(21-11)24-2)20-12(22)19-8-3-5-9(6-4-8)25-14(15,16)17/h3-7H,1-2H3,(H2,19,20,22). The normalized spacial score (nSPS) is 10.9. The van der Waals surface area contributed by atoms with E-state index in [-0.39, 0.29) is 34.2 Å². The molecule has 0 bridgehead atoms. The van der Waals surface area contributed by atoms with Gasteiger partial charge in [-0.3, -0.25) is 0 Å². The van der Waals surface area contributed by atoms with E-state index in [0.717, 1.165) is 0 Å². The summed E-state index contributed by atoms with van der Waals surface area (Å²) < 4.78 is 46.7. The second kappa shape index (κ2) is 7.92. The number of aromatic nitrogens is 2. The van der Waals surface area contributed by atoms with E-state index in [1.54, 1.807) is 0 Å². The lowest BCUT2D eigenvalue weighted by Gasteiger charge is -2.11. The number of nitrogens with one attached hydrogen (secondary N) is 2. The number of halogens is 3. The number of amides is 2. The highest BCUT2D eigenvalue weighted by atomic mass is 32.2. The van der Waals surface area contributed by atoms with E-state index in [4.69, 9.17) is 9.47 Å². The summed E-state index contributed by atoms with van der Waals surface area (Å²) >= 11 is -0.234. The Morgan fingerprint density at radius 2 is 1.80 bits per heavy atom. The molecule has 0 saturated carbocycles. The van der Waals surface area contributed by atoms with Gasteiger partial charge in [-0.2, -0.15) is 18.2 Å². The molecule has 0 atom stereocenters. The molecular formula is C14H13F3N4O3S. The molecule has 1 aromatic heterocycles. The van der Waals surface area contributed by atoms with Crippen molar-refractivity contribution in [1.29, 1.82) is 0 Å². The third-order valence-corrected chi connectivity index (χ3v) is 3.44. The molecule has 0 spiro atoms. The number of thioether (sulfide) groups is 1. The maximum absolute atomic E-state index is 12.3. The van der Waals surface area contributed by atoms with Crippen molar-refractivity contribution in [1.82, 2.24) is 9.97 Å². The van der Waals surface area contributed by atoms with Gasteiger partial charge in [0.2, 0.25) is 5.88 Å². The molecule has 2 rings (SSSR count). The van der Waals surface area contributed by atoms with Crippen molar-refractivity contribution in [2.75, 3.05) is 24.9 Å². The highest BCUT2D eigenvalue weighted by Crippen LogP contribution is 2.37. The first-order valence-corrected chi connectivity index (χ1v) is 7.51. The number of methoxy groups -OCH3 is 2. The highest BCUT2D eigenvalue weighted by molar-refractivity contribution is 8.00. The minimum absolute atomic E-state index is 0.0173. The van der Waals surface area contributed by atoms with Gasteiger partial charge < -0.3 is 20.1 Å². The Morgan fingerprint density at radius 3 is 2.36 bits per heavy atom. The maximum atomic E-state index is 12.3. The number of anilines is 2. The molecule has 2 amide bonds. The van der Waals surface area contributed by atoms with Crippen LogP contribution in [0.1, 0.15) is 0 Å². The molecule has 0 radical (unpaired) electrons. The Balaban J connectivity index is 2.00. The lowest BCUT2D eigenvalue weighted by Crippen LogP contribution is -2.20. The number of ether oxygens (including phenoxy) is 2. The monoisotopic (exact) mass is 374 g/mol. The van der Waals surface area contributed by atoms with Crippen LogP contribution < -0.4 is 20.1 Å². The SMILES string of the molecule is COc1ncc(NC(=O)Nc2ccc(SC(F)(F)F)cc2)c(OC)n1. The molecule has 0 unspecified atom stereocenters. The van der Waals surface area contributed by atoms with Gasteiger partial charge in [-0.1, -0.05) is 0 Å². The van der Waals surface area contributed by atoms with E-state index in [0.29, 0.717) is 5.69 Å². The van der Waals surface area contributed by atoms with Crippen LogP contribution in [0.4, 0.5) is 29.3 Å². The number of nitrogens with zero attached hydrogens (tertiary/aromatic N) is 2. The van der Waals surface area contributed by atoms with Crippen LogP contribution in [-0.2, 0) is 0 Å². The Labute approximate surface area is 144 Å². The summed E-state index contributed by atoms with van der Waals surface area (Å²) in [6.07, 6.45) is 1.30. The van der Waals surface area contributed by atoms with Crippen LogP contribution in [0.25, 0.3) is 0 Å². The number of rotatable bonds is 5. The number of hydrogen-bond acceptors (Lipinski definition) is 6. The Morgan fingerprint density at radius 1 is 1.12 bits per heavy atom. The molecule has 2 aromatic rings. The lowest BCUT2D eigenvalue weighted by atomic mass is 10.3. The summed E-state index contributed by atoms with van der Waals surface area (Å²) in [4.78, 5) is 19.7. The second-order valence-electron chi connectivity index (χ2n) is 4.43. The van der Waals surface area contributed by atoms with Crippen molar-refractivity contribution in [3.63, 3.8) is 0 Å². The van der Waals surface area contributed by atoms with Crippen molar-refractivity contribution >= 4 is 29.2 Å². The summed E-state index contributed by atoms with van der Waals surface area (Å²) in [7, 11) is 2.75. The van der Waals surface area contributed by atoms with Crippen LogP contribution in [0.2, 0.25) is 0 Å². The van der Waals surface area contributed by atoms with Crippen LogP contribution in [0.5, 0.6) is 11.9 Å². The maximum Gasteiger partial charge on any atom is 0.446 e. The van der Waals surface area contributed by atoms with Gasteiger partial charge in [0.15, 0.2) is 0 Å². The van der Waals surface area contributed by atoms with Crippen molar-refractivity contribution in [2.45, 2.75) is 10.4 Å². The molecular weight excluding hydrogens is 361 g/mol. The molecule has 134 valence electrons. The van der Waals surface area contributed by atoms with Gasteiger partial charge >= 0.3 is 17.5 Å². The zero-order valence-electron chi connectivity index (χ0n) is 13.0. The predicted octanol–water partition coefficient (Wildman–Crippen LogP) is 3.75. The molecule has 0 aliphatic heterocycles. The van der Waals surface area contributed by atoms with Crippen LogP contribution in [-0.4, -0.2) is 35.7 Å². The zero-order valence-corrected chi connectivity index (χ0v) is 13.9. The summed E-state index contributed by atoms with van der Waals surface area (Å²) in [5.41, 5.74) is -3.85.